The van der Waals surface area contributed by atoms with Gasteiger partial charge in [0.1, 0.15) is 0 Å². The van der Waals surface area contributed by atoms with Crippen molar-refractivity contribution < 1.29 is 13.2 Å². The molecule has 1 aromatic heterocycles. The second-order valence-corrected chi connectivity index (χ2v) is 3.38. The van der Waals surface area contributed by atoms with Crippen LogP contribution in [0.25, 0.3) is 10.9 Å². The number of rotatable bonds is 1. The van der Waals surface area contributed by atoms with Crippen LogP contribution in [0.1, 0.15) is 11.3 Å². The molecule has 0 fully saturated rings. The molecule has 0 saturated heterocycles. The lowest BCUT2D eigenvalue weighted by Gasteiger charge is -2.11. The van der Waals surface area contributed by atoms with Crippen LogP contribution in [-0.2, 0) is 12.7 Å². The van der Waals surface area contributed by atoms with Crippen LogP contribution in [0.5, 0.6) is 0 Å². The first-order valence-corrected chi connectivity index (χ1v) is 4.68. The molecule has 0 aliphatic heterocycles. The molecule has 0 atom stereocenters. The predicted octanol–water partition coefficient (Wildman–Crippen LogP) is 2.71. The minimum absolute atomic E-state index is 0.00604. The molecule has 2 aromatic rings. The van der Waals surface area contributed by atoms with Crippen molar-refractivity contribution in [1.82, 2.24) is 4.98 Å². The molecule has 2 N–H and O–H groups in total. The van der Waals surface area contributed by atoms with Crippen LogP contribution >= 0.6 is 0 Å². The molecule has 0 spiro atoms. The molecule has 0 unspecified atom stereocenters. The van der Waals surface area contributed by atoms with Crippen molar-refractivity contribution in [3.8, 4) is 0 Å². The quantitative estimate of drug-likeness (QED) is 0.811. The van der Waals surface area contributed by atoms with E-state index >= 15 is 0 Å². The van der Waals surface area contributed by atoms with E-state index in [1.165, 1.54) is 6.07 Å². The van der Waals surface area contributed by atoms with Gasteiger partial charge in [-0.25, -0.2) is 0 Å². The van der Waals surface area contributed by atoms with E-state index in [2.05, 4.69) is 4.98 Å². The minimum Gasteiger partial charge on any atom is -0.325 e. The second kappa shape index (κ2) is 3.75. The van der Waals surface area contributed by atoms with Gasteiger partial charge >= 0.3 is 6.18 Å². The van der Waals surface area contributed by atoms with Gasteiger partial charge in [-0.1, -0.05) is 18.2 Å². The van der Waals surface area contributed by atoms with Crippen molar-refractivity contribution in [1.29, 1.82) is 0 Å². The average molecular weight is 226 g/mol. The molecular formula is C11H9F3N2. The molecule has 84 valence electrons. The van der Waals surface area contributed by atoms with Gasteiger partial charge in [0, 0.05) is 11.9 Å². The summed E-state index contributed by atoms with van der Waals surface area (Å²) in [5.41, 5.74) is 5.20. The number of benzene rings is 1. The highest BCUT2D eigenvalue weighted by Gasteiger charge is 2.33. The predicted molar refractivity (Wildman–Crippen MR) is 54.6 cm³/mol. The lowest BCUT2D eigenvalue weighted by atomic mass is 10.1. The van der Waals surface area contributed by atoms with Crippen LogP contribution in [0.3, 0.4) is 0 Å². The van der Waals surface area contributed by atoms with Gasteiger partial charge in [0.25, 0.3) is 0 Å². The average Bonchev–Trinajstić information content (AvgIpc) is 2.26. The Kier molecular flexibility index (Phi) is 2.55. The Bertz CT molecular complexity index is 520. The smallest absolute Gasteiger partial charge is 0.325 e. The molecule has 16 heavy (non-hydrogen) atoms. The number of hydrogen-bond donors (Lipinski definition) is 1. The van der Waals surface area contributed by atoms with Gasteiger partial charge in [-0.3, -0.25) is 4.98 Å². The maximum absolute atomic E-state index is 12.8. The fourth-order valence-electron chi connectivity index (χ4n) is 1.57. The van der Waals surface area contributed by atoms with Gasteiger partial charge in [-0.05, 0) is 12.1 Å². The SMILES string of the molecule is NCc1cc(C(F)(F)F)c2ccccc2n1. The molecule has 0 saturated carbocycles. The van der Waals surface area contributed by atoms with E-state index in [-0.39, 0.29) is 17.6 Å². The van der Waals surface area contributed by atoms with E-state index < -0.39 is 11.7 Å². The normalized spacial score (nSPS) is 12.0. The van der Waals surface area contributed by atoms with E-state index in [1.54, 1.807) is 18.2 Å². The Morgan fingerprint density at radius 3 is 2.50 bits per heavy atom. The molecule has 0 bridgehead atoms. The van der Waals surface area contributed by atoms with E-state index in [1.807, 2.05) is 0 Å². The van der Waals surface area contributed by atoms with Crippen molar-refractivity contribution in [3.05, 3.63) is 41.6 Å². The first-order chi connectivity index (χ1) is 7.52. The third kappa shape index (κ3) is 1.86. The molecule has 1 aromatic carbocycles. The summed E-state index contributed by atoms with van der Waals surface area (Å²) < 4.78 is 38.3. The topological polar surface area (TPSA) is 38.9 Å². The number of nitrogens with zero attached hydrogens (tertiary/aromatic N) is 1. The summed E-state index contributed by atoms with van der Waals surface area (Å²) in [7, 11) is 0. The fraction of sp³-hybridized carbons (Fsp3) is 0.182. The highest BCUT2D eigenvalue weighted by Crippen LogP contribution is 2.34. The molecule has 1 heterocycles. The van der Waals surface area contributed by atoms with Gasteiger partial charge in [0.2, 0.25) is 0 Å². The number of fused-ring (bicyclic) bond motifs is 1. The fourth-order valence-corrected chi connectivity index (χ4v) is 1.57. The lowest BCUT2D eigenvalue weighted by molar-refractivity contribution is -0.136. The first-order valence-electron chi connectivity index (χ1n) is 4.68. The Hall–Kier alpha value is -1.62. The number of halogens is 3. The molecule has 0 aliphatic carbocycles. The van der Waals surface area contributed by atoms with Crippen LogP contribution in [0.4, 0.5) is 13.2 Å². The Labute approximate surface area is 89.9 Å². The summed E-state index contributed by atoms with van der Waals surface area (Å²) in [5.74, 6) is 0. The molecule has 2 rings (SSSR count). The highest BCUT2D eigenvalue weighted by molar-refractivity contribution is 5.82. The third-order valence-electron chi connectivity index (χ3n) is 2.28. The van der Waals surface area contributed by atoms with E-state index in [4.69, 9.17) is 5.73 Å². The van der Waals surface area contributed by atoms with Gasteiger partial charge < -0.3 is 5.73 Å². The summed E-state index contributed by atoms with van der Waals surface area (Å²) in [6.45, 7) is -0.00604. The number of alkyl halides is 3. The van der Waals surface area contributed by atoms with Gasteiger partial charge in [0.05, 0.1) is 16.8 Å². The van der Waals surface area contributed by atoms with Crippen molar-refractivity contribution in [2.45, 2.75) is 12.7 Å². The number of hydrogen-bond acceptors (Lipinski definition) is 2. The van der Waals surface area contributed by atoms with Crippen LogP contribution in [-0.4, -0.2) is 4.98 Å². The minimum atomic E-state index is -4.38. The molecule has 2 nitrogen and oxygen atoms in total. The van der Waals surface area contributed by atoms with Gasteiger partial charge in [-0.15, -0.1) is 0 Å². The highest BCUT2D eigenvalue weighted by atomic mass is 19.4. The number of nitrogens with two attached hydrogens (primary N) is 1. The van der Waals surface area contributed by atoms with Crippen LogP contribution in [0.2, 0.25) is 0 Å². The number of pyridine rings is 1. The van der Waals surface area contributed by atoms with Crippen LogP contribution in [0, 0.1) is 0 Å². The maximum atomic E-state index is 12.8. The summed E-state index contributed by atoms with van der Waals surface area (Å²) in [6, 6.07) is 7.16. The lowest BCUT2D eigenvalue weighted by Crippen LogP contribution is -2.09. The zero-order valence-corrected chi connectivity index (χ0v) is 8.25. The second-order valence-electron chi connectivity index (χ2n) is 3.38. The van der Waals surface area contributed by atoms with Gasteiger partial charge in [-0.2, -0.15) is 13.2 Å². The molecule has 0 radical (unpaired) electrons. The van der Waals surface area contributed by atoms with E-state index in [0.29, 0.717) is 5.52 Å². The Balaban J connectivity index is 2.79. The molecule has 0 aliphatic rings. The Morgan fingerprint density at radius 2 is 1.88 bits per heavy atom. The number of aromatic nitrogens is 1. The van der Waals surface area contributed by atoms with Crippen molar-refractivity contribution >= 4 is 10.9 Å². The van der Waals surface area contributed by atoms with E-state index in [0.717, 1.165) is 6.07 Å². The zero-order chi connectivity index (χ0) is 11.8. The standard InChI is InChI=1S/C11H9F3N2/c12-11(13,14)9-5-7(6-15)16-10-4-2-1-3-8(9)10/h1-5H,6,15H2. The maximum Gasteiger partial charge on any atom is 0.417 e. The Morgan fingerprint density at radius 1 is 1.19 bits per heavy atom. The van der Waals surface area contributed by atoms with Crippen molar-refractivity contribution in [2.75, 3.05) is 0 Å². The summed E-state index contributed by atoms with van der Waals surface area (Å²) in [5, 5.41) is 0.104. The summed E-state index contributed by atoms with van der Waals surface area (Å²) >= 11 is 0. The monoisotopic (exact) mass is 226 g/mol. The van der Waals surface area contributed by atoms with Gasteiger partial charge in [0.15, 0.2) is 0 Å². The summed E-state index contributed by atoms with van der Waals surface area (Å²) in [4.78, 5) is 4.04. The molecule has 5 heteroatoms. The molecule has 0 amide bonds. The molecular weight excluding hydrogens is 217 g/mol. The van der Waals surface area contributed by atoms with Crippen LogP contribution < -0.4 is 5.73 Å². The van der Waals surface area contributed by atoms with E-state index in [9.17, 15) is 13.2 Å². The van der Waals surface area contributed by atoms with Crippen molar-refractivity contribution in [2.24, 2.45) is 5.73 Å². The van der Waals surface area contributed by atoms with Crippen LogP contribution in [0.15, 0.2) is 30.3 Å². The summed E-state index contributed by atoms with van der Waals surface area (Å²) in [6.07, 6.45) is -4.38. The largest absolute Gasteiger partial charge is 0.417 e. The zero-order valence-electron chi connectivity index (χ0n) is 8.25. The first kappa shape index (κ1) is 10.9. The van der Waals surface area contributed by atoms with Crippen molar-refractivity contribution in [3.63, 3.8) is 0 Å². The number of para-hydroxylation sites is 1. The third-order valence-corrected chi connectivity index (χ3v) is 2.28.